The van der Waals surface area contributed by atoms with E-state index in [0.717, 1.165) is 24.3 Å². The van der Waals surface area contributed by atoms with Gasteiger partial charge in [-0.3, -0.25) is 20.0 Å². The number of ether oxygens (including phenoxy) is 6. The molecule has 6 rings (SSSR count). The number of methoxy groups -OCH3 is 5. The maximum Gasteiger partial charge on any atom is 0.279 e. The molecule has 0 bridgehead atoms. The van der Waals surface area contributed by atoms with E-state index in [9.17, 15) is 36.0 Å². The summed E-state index contributed by atoms with van der Waals surface area (Å²) in [5.41, 5.74) is 3.85. The molecule has 66 heavy (non-hydrogen) atoms. The largest absolute Gasteiger partial charge is 0.497 e. The number of unbranched alkanes of at least 4 members (excludes halogenated alkanes) is 1. The molecule has 20 nitrogen and oxygen atoms in total. The number of nitrogens with zero attached hydrogens (tertiary/aromatic N) is 4. The van der Waals surface area contributed by atoms with E-state index in [4.69, 9.17) is 33.6 Å². The number of sulfonamides is 2. The van der Waals surface area contributed by atoms with E-state index in [2.05, 4.69) is 4.90 Å². The van der Waals surface area contributed by atoms with Gasteiger partial charge in [-0.1, -0.05) is 13.3 Å². The van der Waals surface area contributed by atoms with Crippen molar-refractivity contribution in [3.63, 3.8) is 0 Å². The molecule has 0 aliphatic carbocycles. The van der Waals surface area contributed by atoms with Crippen molar-refractivity contribution in [3.05, 3.63) is 83.7 Å². The summed E-state index contributed by atoms with van der Waals surface area (Å²) >= 11 is 0. The number of halogens is 1. The summed E-state index contributed by atoms with van der Waals surface area (Å²) in [6.07, 6.45) is 1.78. The van der Waals surface area contributed by atoms with Gasteiger partial charge in [0.2, 0.25) is 20.0 Å². The van der Waals surface area contributed by atoms with Crippen molar-refractivity contribution in [1.82, 2.24) is 19.6 Å². The molecule has 2 fully saturated rings. The van der Waals surface area contributed by atoms with Crippen LogP contribution in [0.3, 0.4) is 0 Å². The molecule has 2 heterocycles. The Labute approximate surface area is 383 Å². The van der Waals surface area contributed by atoms with Gasteiger partial charge in [0.1, 0.15) is 16.9 Å². The molecule has 4 aromatic rings. The molecule has 23 heteroatoms. The molecular weight excluding hydrogens is 908 g/mol. The summed E-state index contributed by atoms with van der Waals surface area (Å²) in [6.45, 7) is 4.69. The smallest absolute Gasteiger partial charge is 0.279 e. The molecule has 4 N–H and O–H groups in total. The predicted molar refractivity (Wildman–Crippen MR) is 239 cm³/mol. The van der Waals surface area contributed by atoms with E-state index in [0.29, 0.717) is 38.5 Å². The number of benzene rings is 4. The van der Waals surface area contributed by atoms with Crippen LogP contribution in [0.2, 0.25) is 0 Å². The zero-order chi connectivity index (χ0) is 48.2. The highest BCUT2D eigenvalue weighted by atomic mass is 32.2. The second-order valence-corrected chi connectivity index (χ2v) is 18.3. The van der Waals surface area contributed by atoms with Crippen LogP contribution in [0.15, 0.2) is 76.5 Å². The quantitative estimate of drug-likeness (QED) is 0.0665. The predicted octanol–water partition coefficient (Wildman–Crippen LogP) is 3.99. The van der Waals surface area contributed by atoms with Crippen LogP contribution in [0.5, 0.6) is 34.5 Å². The number of anilines is 2. The summed E-state index contributed by atoms with van der Waals surface area (Å²) in [7, 11) is -1.32. The standard InChI is InChI=1S/C23H30FN3O7S.C20H25N3O7S/c1-4-5-14-34-18-7-6-16(15-17(18)24)26-10-12-27(13-11-26)35(30,31)20-9-8-19(32-2)22(33-3)21(20)23(28)25-29;1-28-15-6-4-14(5-7-15)22-10-12-23(13-11-22)31(26,27)17-9-8-16(29-2)19(30-3)18(17)20(24)21-25/h6-9,15,29H,4-5,10-14H2,1-3H3,(H,25,28);4-9,25H,10-13H2,1-3H3,(H,21,24). The molecule has 2 amide bonds. The molecule has 0 radical (unpaired) electrons. The average Bonchev–Trinajstić information content (AvgIpc) is 3.35. The van der Waals surface area contributed by atoms with Crippen LogP contribution < -0.4 is 49.2 Å². The Hall–Kier alpha value is -6.11. The fraction of sp³-hybridized carbons (Fsp3) is 0.395. The van der Waals surface area contributed by atoms with Crippen LogP contribution in [-0.2, 0) is 20.0 Å². The third kappa shape index (κ3) is 11.1. The van der Waals surface area contributed by atoms with Gasteiger partial charge < -0.3 is 38.2 Å². The normalized spacial score (nSPS) is 14.6. The third-order valence-corrected chi connectivity index (χ3v) is 14.7. The molecule has 2 saturated heterocycles. The lowest BCUT2D eigenvalue weighted by atomic mass is 10.1. The lowest BCUT2D eigenvalue weighted by Crippen LogP contribution is -2.49. The molecule has 0 saturated carbocycles. The van der Waals surface area contributed by atoms with Gasteiger partial charge in [-0.15, -0.1) is 0 Å². The van der Waals surface area contributed by atoms with Gasteiger partial charge in [-0.2, -0.15) is 8.61 Å². The molecule has 0 spiro atoms. The molecule has 4 aromatic carbocycles. The summed E-state index contributed by atoms with van der Waals surface area (Å²) in [4.78, 5) is 28.0. The van der Waals surface area contributed by atoms with Crippen LogP contribution in [0.25, 0.3) is 0 Å². The van der Waals surface area contributed by atoms with Gasteiger partial charge >= 0.3 is 0 Å². The SMILES string of the molecule is CCCCOc1ccc(N2CCN(S(=O)(=O)c3ccc(OC)c(OC)c3C(=O)NO)CC2)cc1F.COc1ccc(N2CCN(S(=O)(=O)c3ccc(OC)c(OC)c3C(=O)NO)CC2)cc1. The maximum absolute atomic E-state index is 14.5. The highest BCUT2D eigenvalue weighted by Crippen LogP contribution is 2.38. The van der Waals surface area contributed by atoms with Crippen molar-refractivity contribution in [2.24, 2.45) is 0 Å². The number of carbonyl (C=O) groups is 2. The van der Waals surface area contributed by atoms with Gasteiger partial charge in [0.05, 0.1) is 51.9 Å². The number of rotatable bonds is 17. The Morgan fingerprint density at radius 3 is 1.39 bits per heavy atom. The van der Waals surface area contributed by atoms with Gasteiger partial charge in [0.15, 0.2) is 34.6 Å². The van der Waals surface area contributed by atoms with Gasteiger partial charge in [0.25, 0.3) is 11.8 Å². The first-order chi connectivity index (χ1) is 31.6. The van der Waals surface area contributed by atoms with Gasteiger partial charge in [-0.25, -0.2) is 32.2 Å². The average molecular weight is 963 g/mol. The van der Waals surface area contributed by atoms with E-state index in [1.165, 1.54) is 78.3 Å². The van der Waals surface area contributed by atoms with E-state index < -0.39 is 37.7 Å². The Kier molecular flexibility index (Phi) is 17.6. The van der Waals surface area contributed by atoms with Crippen molar-refractivity contribution in [1.29, 1.82) is 0 Å². The summed E-state index contributed by atoms with van der Waals surface area (Å²) in [6, 6.07) is 17.5. The van der Waals surface area contributed by atoms with Crippen LogP contribution in [-0.4, -0.2) is 142 Å². The number of nitrogens with one attached hydrogen (secondary N) is 2. The minimum absolute atomic E-state index is 0.0769. The molecule has 2 aliphatic rings. The van der Waals surface area contributed by atoms with Crippen LogP contribution >= 0.6 is 0 Å². The topological polar surface area (TPSA) is 235 Å². The van der Waals surface area contributed by atoms with Crippen molar-refractivity contribution in [2.45, 2.75) is 29.6 Å². The van der Waals surface area contributed by atoms with Crippen LogP contribution in [0, 0.1) is 5.82 Å². The van der Waals surface area contributed by atoms with Gasteiger partial charge in [-0.05, 0) is 67.1 Å². The van der Waals surface area contributed by atoms with Crippen molar-refractivity contribution < 1.29 is 69.7 Å². The number of hydroxylamine groups is 2. The van der Waals surface area contributed by atoms with E-state index in [1.54, 1.807) is 19.2 Å². The van der Waals surface area contributed by atoms with E-state index in [-0.39, 0.29) is 75.8 Å². The zero-order valence-corrected chi connectivity index (χ0v) is 39.0. The van der Waals surface area contributed by atoms with Crippen LogP contribution in [0.4, 0.5) is 15.8 Å². The summed E-state index contributed by atoms with van der Waals surface area (Å²) < 4.78 is 102. The van der Waals surface area contributed by atoms with Crippen LogP contribution in [0.1, 0.15) is 40.5 Å². The Morgan fingerprint density at radius 2 is 1.02 bits per heavy atom. The second-order valence-electron chi connectivity index (χ2n) is 14.5. The Balaban J connectivity index is 0.000000249. The van der Waals surface area contributed by atoms with Crippen molar-refractivity contribution in [3.8, 4) is 34.5 Å². The van der Waals surface area contributed by atoms with E-state index in [1.807, 2.05) is 36.1 Å². The number of carbonyl (C=O) groups excluding carboxylic acids is 2. The van der Waals surface area contributed by atoms with Crippen molar-refractivity contribution >= 4 is 43.2 Å². The minimum atomic E-state index is -4.13. The fourth-order valence-electron chi connectivity index (χ4n) is 7.36. The maximum atomic E-state index is 14.5. The number of amides is 2. The first-order valence-electron chi connectivity index (χ1n) is 20.6. The zero-order valence-electron chi connectivity index (χ0n) is 37.4. The second kappa shape index (κ2) is 22.9. The first-order valence-corrected chi connectivity index (χ1v) is 23.5. The first kappa shape index (κ1) is 50.9. The third-order valence-electron chi connectivity index (χ3n) is 10.9. The summed E-state index contributed by atoms with van der Waals surface area (Å²) in [5.74, 6) is -1.48. The Bertz CT molecular complexity index is 2540. The van der Waals surface area contributed by atoms with Crippen molar-refractivity contribution in [2.75, 3.05) is 104 Å². The molecular formula is C43H55FN6O14S2. The number of piperazine rings is 2. The molecule has 0 atom stereocenters. The molecule has 2 aliphatic heterocycles. The lowest BCUT2D eigenvalue weighted by molar-refractivity contribution is 0.0694. The van der Waals surface area contributed by atoms with E-state index >= 15 is 0 Å². The fourth-order valence-corrected chi connectivity index (χ4v) is 10.6. The number of hydrogen-bond donors (Lipinski definition) is 4. The molecule has 0 aromatic heterocycles. The highest BCUT2D eigenvalue weighted by molar-refractivity contribution is 7.89. The number of hydrogen-bond acceptors (Lipinski definition) is 16. The molecule has 0 unspecified atom stereocenters. The minimum Gasteiger partial charge on any atom is -0.497 e. The monoisotopic (exact) mass is 962 g/mol. The highest BCUT2D eigenvalue weighted by Gasteiger charge is 2.36. The lowest BCUT2D eigenvalue weighted by Gasteiger charge is -2.35. The summed E-state index contributed by atoms with van der Waals surface area (Å²) in [5, 5.41) is 18.3. The molecule has 360 valence electrons. The Morgan fingerprint density at radius 1 is 0.591 bits per heavy atom. The van der Waals surface area contributed by atoms with Gasteiger partial charge in [0, 0.05) is 69.8 Å².